The summed E-state index contributed by atoms with van der Waals surface area (Å²) < 4.78 is 12.5. The molecule has 0 aliphatic rings. The molecule has 0 fully saturated rings. The zero-order chi connectivity index (χ0) is 9.97. The summed E-state index contributed by atoms with van der Waals surface area (Å²) in [7, 11) is 0. The van der Waals surface area contributed by atoms with Gasteiger partial charge in [0.25, 0.3) is 0 Å². The first kappa shape index (κ1) is 8.83. The van der Waals surface area contributed by atoms with Crippen molar-refractivity contribution < 1.29 is 9.50 Å². The van der Waals surface area contributed by atoms with Crippen LogP contribution in [-0.2, 0) is 6.61 Å². The number of aliphatic hydroxyl groups excluding tert-OH is 1. The molecule has 0 amide bonds. The molecule has 4 nitrogen and oxygen atoms in total. The van der Waals surface area contributed by atoms with Crippen LogP contribution in [0.25, 0.3) is 11.5 Å². The molecule has 2 aromatic heterocycles. The summed E-state index contributed by atoms with van der Waals surface area (Å²) in [6.45, 7) is -0.103. The molecule has 0 radical (unpaired) electrons. The van der Waals surface area contributed by atoms with Gasteiger partial charge in [-0.3, -0.25) is 0 Å². The van der Waals surface area contributed by atoms with Gasteiger partial charge < -0.3 is 10.1 Å². The molecule has 0 saturated heterocycles. The van der Waals surface area contributed by atoms with Crippen LogP contribution >= 0.6 is 0 Å². The number of halogens is 1. The van der Waals surface area contributed by atoms with Gasteiger partial charge in [-0.15, -0.1) is 0 Å². The Labute approximate surface area is 79.5 Å². The molecule has 0 unspecified atom stereocenters. The maximum Gasteiger partial charge on any atom is 0.156 e. The number of aromatic amines is 1. The SMILES string of the molecule is OCc1cnc(-c2ccc(F)cn2)[nH]1. The monoisotopic (exact) mass is 193 g/mol. The molecule has 72 valence electrons. The summed E-state index contributed by atoms with van der Waals surface area (Å²) in [5.74, 6) is 0.136. The van der Waals surface area contributed by atoms with Crippen LogP contribution in [0.3, 0.4) is 0 Å². The van der Waals surface area contributed by atoms with Gasteiger partial charge in [0.1, 0.15) is 11.5 Å². The maximum atomic E-state index is 12.5. The van der Waals surface area contributed by atoms with Crippen LogP contribution in [-0.4, -0.2) is 20.1 Å². The molecule has 0 aromatic carbocycles. The molecule has 0 bridgehead atoms. The van der Waals surface area contributed by atoms with E-state index in [0.717, 1.165) is 6.20 Å². The summed E-state index contributed by atoms with van der Waals surface area (Å²) in [5.41, 5.74) is 1.15. The fraction of sp³-hybridized carbons (Fsp3) is 0.111. The Morgan fingerprint density at radius 1 is 1.29 bits per heavy atom. The quantitative estimate of drug-likeness (QED) is 0.750. The van der Waals surface area contributed by atoms with Crippen LogP contribution < -0.4 is 0 Å². The van der Waals surface area contributed by atoms with Crippen molar-refractivity contribution in [1.29, 1.82) is 0 Å². The Bertz CT molecular complexity index is 424. The number of pyridine rings is 1. The number of nitrogens with zero attached hydrogens (tertiary/aromatic N) is 2. The second-order valence-corrected chi connectivity index (χ2v) is 2.78. The third-order valence-electron chi connectivity index (χ3n) is 1.77. The molecule has 0 aliphatic heterocycles. The van der Waals surface area contributed by atoms with E-state index < -0.39 is 0 Å². The number of imidazole rings is 1. The summed E-state index contributed by atoms with van der Waals surface area (Å²) in [6, 6.07) is 2.83. The fourth-order valence-electron chi connectivity index (χ4n) is 1.09. The van der Waals surface area contributed by atoms with E-state index in [0.29, 0.717) is 17.2 Å². The van der Waals surface area contributed by atoms with E-state index >= 15 is 0 Å². The average molecular weight is 193 g/mol. The van der Waals surface area contributed by atoms with Crippen molar-refractivity contribution in [1.82, 2.24) is 15.0 Å². The van der Waals surface area contributed by atoms with Crippen molar-refractivity contribution in [3.05, 3.63) is 36.0 Å². The van der Waals surface area contributed by atoms with Crippen LogP contribution in [0.15, 0.2) is 24.5 Å². The molecule has 14 heavy (non-hydrogen) atoms. The van der Waals surface area contributed by atoms with E-state index in [-0.39, 0.29) is 12.4 Å². The van der Waals surface area contributed by atoms with Crippen molar-refractivity contribution in [2.24, 2.45) is 0 Å². The topological polar surface area (TPSA) is 61.8 Å². The average Bonchev–Trinajstić information content (AvgIpc) is 2.67. The number of hydrogen-bond donors (Lipinski definition) is 2. The predicted octanol–water partition coefficient (Wildman–Crippen LogP) is 1.10. The van der Waals surface area contributed by atoms with Crippen molar-refractivity contribution in [2.75, 3.05) is 0 Å². The van der Waals surface area contributed by atoms with E-state index in [1.165, 1.54) is 18.3 Å². The van der Waals surface area contributed by atoms with Gasteiger partial charge in [0.2, 0.25) is 0 Å². The standard InChI is InChI=1S/C9H8FN3O/c10-6-1-2-8(11-3-6)9-12-4-7(5-14)13-9/h1-4,14H,5H2,(H,12,13). The minimum Gasteiger partial charge on any atom is -0.390 e. The Balaban J connectivity index is 2.34. The first-order chi connectivity index (χ1) is 6.79. The number of nitrogens with one attached hydrogen (secondary N) is 1. The van der Waals surface area contributed by atoms with Gasteiger partial charge in [0, 0.05) is 0 Å². The smallest absolute Gasteiger partial charge is 0.156 e. The van der Waals surface area contributed by atoms with Gasteiger partial charge in [-0.05, 0) is 12.1 Å². The number of H-pyrrole nitrogens is 1. The Kier molecular flexibility index (Phi) is 2.24. The predicted molar refractivity (Wildman–Crippen MR) is 47.7 cm³/mol. The van der Waals surface area contributed by atoms with E-state index in [4.69, 9.17) is 5.11 Å². The van der Waals surface area contributed by atoms with Gasteiger partial charge in [0.05, 0.1) is 24.7 Å². The fourth-order valence-corrected chi connectivity index (χ4v) is 1.09. The van der Waals surface area contributed by atoms with Crippen LogP contribution in [0, 0.1) is 5.82 Å². The molecule has 0 atom stereocenters. The van der Waals surface area contributed by atoms with Crippen LogP contribution in [0.4, 0.5) is 4.39 Å². The highest BCUT2D eigenvalue weighted by molar-refractivity contribution is 5.48. The molecular weight excluding hydrogens is 185 g/mol. The molecule has 2 N–H and O–H groups in total. The van der Waals surface area contributed by atoms with Gasteiger partial charge in [-0.25, -0.2) is 14.4 Å². The molecule has 0 saturated carbocycles. The normalized spacial score (nSPS) is 10.4. The molecule has 2 aromatic rings. The lowest BCUT2D eigenvalue weighted by atomic mass is 10.3. The van der Waals surface area contributed by atoms with Gasteiger partial charge >= 0.3 is 0 Å². The van der Waals surface area contributed by atoms with Crippen molar-refractivity contribution >= 4 is 0 Å². The van der Waals surface area contributed by atoms with E-state index in [2.05, 4.69) is 15.0 Å². The lowest BCUT2D eigenvalue weighted by molar-refractivity contribution is 0.277. The maximum absolute atomic E-state index is 12.5. The second-order valence-electron chi connectivity index (χ2n) is 2.78. The minimum absolute atomic E-state index is 0.103. The molecule has 2 heterocycles. The van der Waals surface area contributed by atoms with Crippen LogP contribution in [0.5, 0.6) is 0 Å². The third kappa shape index (κ3) is 1.62. The Hall–Kier alpha value is -1.75. The molecule has 0 spiro atoms. The van der Waals surface area contributed by atoms with Crippen LogP contribution in [0.2, 0.25) is 0 Å². The molecule has 0 aliphatic carbocycles. The minimum atomic E-state index is -0.386. The zero-order valence-electron chi connectivity index (χ0n) is 7.24. The molecule has 5 heteroatoms. The third-order valence-corrected chi connectivity index (χ3v) is 1.77. The van der Waals surface area contributed by atoms with Gasteiger partial charge in [-0.2, -0.15) is 0 Å². The summed E-state index contributed by atoms with van der Waals surface area (Å²) in [5, 5.41) is 8.79. The molecular formula is C9H8FN3O. The van der Waals surface area contributed by atoms with Crippen molar-refractivity contribution in [2.45, 2.75) is 6.61 Å². The lowest BCUT2D eigenvalue weighted by Gasteiger charge is -1.94. The summed E-state index contributed by atoms with van der Waals surface area (Å²) in [4.78, 5) is 10.7. The second kappa shape index (κ2) is 3.55. The number of aromatic nitrogens is 3. The Morgan fingerprint density at radius 2 is 2.14 bits per heavy atom. The first-order valence-corrected chi connectivity index (χ1v) is 4.06. The zero-order valence-corrected chi connectivity index (χ0v) is 7.24. The number of rotatable bonds is 2. The van der Waals surface area contributed by atoms with E-state index in [9.17, 15) is 4.39 Å². The first-order valence-electron chi connectivity index (χ1n) is 4.06. The van der Waals surface area contributed by atoms with E-state index in [1.54, 1.807) is 0 Å². The highest BCUT2D eigenvalue weighted by Crippen LogP contribution is 2.12. The van der Waals surface area contributed by atoms with Crippen molar-refractivity contribution in [3.8, 4) is 11.5 Å². The van der Waals surface area contributed by atoms with Crippen molar-refractivity contribution in [3.63, 3.8) is 0 Å². The number of aliphatic hydroxyl groups is 1. The molecule has 2 rings (SSSR count). The van der Waals surface area contributed by atoms with E-state index in [1.807, 2.05) is 0 Å². The summed E-state index contributed by atoms with van der Waals surface area (Å²) in [6.07, 6.45) is 2.64. The van der Waals surface area contributed by atoms with Crippen LogP contribution in [0.1, 0.15) is 5.69 Å². The lowest BCUT2D eigenvalue weighted by Crippen LogP contribution is -1.87. The highest BCUT2D eigenvalue weighted by Gasteiger charge is 2.03. The summed E-state index contributed by atoms with van der Waals surface area (Å²) >= 11 is 0. The Morgan fingerprint density at radius 3 is 2.71 bits per heavy atom. The van der Waals surface area contributed by atoms with Gasteiger partial charge in [-0.1, -0.05) is 0 Å². The van der Waals surface area contributed by atoms with Gasteiger partial charge in [0.15, 0.2) is 5.82 Å². The largest absolute Gasteiger partial charge is 0.390 e. The highest BCUT2D eigenvalue weighted by atomic mass is 19.1. The number of hydrogen-bond acceptors (Lipinski definition) is 3.